The molecule has 96 valence electrons. The largest absolute Gasteiger partial charge is 0.497 e. The highest BCUT2D eigenvalue weighted by atomic mass is 79.9. The van der Waals surface area contributed by atoms with Crippen LogP contribution in [0, 0.1) is 0 Å². The van der Waals surface area contributed by atoms with Gasteiger partial charge in [0.25, 0.3) is 0 Å². The van der Waals surface area contributed by atoms with Gasteiger partial charge < -0.3 is 10.1 Å². The molecule has 2 rings (SSSR count). The number of ether oxygens (including phenoxy) is 1. The molecule has 1 aromatic carbocycles. The molecule has 1 aromatic heterocycles. The van der Waals surface area contributed by atoms with E-state index in [0.29, 0.717) is 6.54 Å². The fourth-order valence-electron chi connectivity index (χ4n) is 1.93. The maximum absolute atomic E-state index is 10.9. The van der Waals surface area contributed by atoms with Crippen molar-refractivity contribution >= 4 is 33.0 Å². The molecule has 1 amide bonds. The summed E-state index contributed by atoms with van der Waals surface area (Å²) in [6.45, 7) is 2.16. The molecule has 2 aromatic rings. The van der Waals surface area contributed by atoms with Crippen molar-refractivity contribution in [2.45, 2.75) is 13.3 Å². The SMILES string of the molecule is COc1ccc2c(c1)c(CCNC(C)=O)cn2Br. The summed E-state index contributed by atoms with van der Waals surface area (Å²) in [6, 6.07) is 5.94. The van der Waals surface area contributed by atoms with Crippen LogP contribution in [0.15, 0.2) is 24.4 Å². The number of hydrogen-bond acceptors (Lipinski definition) is 2. The minimum atomic E-state index is -0.00448. The van der Waals surface area contributed by atoms with Gasteiger partial charge >= 0.3 is 0 Å². The maximum atomic E-state index is 10.9. The first-order valence-electron chi connectivity index (χ1n) is 5.70. The molecule has 0 fully saturated rings. The number of amides is 1. The summed E-state index contributed by atoms with van der Waals surface area (Å²) in [5.41, 5.74) is 2.27. The molecule has 1 heterocycles. The quantitative estimate of drug-likeness (QED) is 0.943. The second-order valence-electron chi connectivity index (χ2n) is 4.08. The average molecular weight is 311 g/mol. The van der Waals surface area contributed by atoms with Crippen molar-refractivity contribution in [1.29, 1.82) is 0 Å². The molecule has 5 heteroatoms. The molecule has 18 heavy (non-hydrogen) atoms. The Morgan fingerprint density at radius 2 is 2.28 bits per heavy atom. The average Bonchev–Trinajstić information content (AvgIpc) is 2.65. The van der Waals surface area contributed by atoms with E-state index < -0.39 is 0 Å². The van der Waals surface area contributed by atoms with Gasteiger partial charge in [-0.15, -0.1) is 0 Å². The van der Waals surface area contributed by atoms with E-state index >= 15 is 0 Å². The van der Waals surface area contributed by atoms with Crippen LogP contribution in [0.2, 0.25) is 0 Å². The smallest absolute Gasteiger partial charge is 0.216 e. The summed E-state index contributed by atoms with van der Waals surface area (Å²) < 4.78 is 7.14. The van der Waals surface area contributed by atoms with E-state index in [4.69, 9.17) is 4.74 Å². The van der Waals surface area contributed by atoms with Crippen LogP contribution < -0.4 is 10.1 Å². The molecule has 0 aliphatic rings. The van der Waals surface area contributed by atoms with E-state index in [1.807, 2.05) is 28.0 Å². The lowest BCUT2D eigenvalue weighted by Gasteiger charge is -2.03. The van der Waals surface area contributed by atoms with E-state index in [1.165, 1.54) is 12.5 Å². The lowest BCUT2D eigenvalue weighted by Crippen LogP contribution is -2.22. The number of rotatable bonds is 4. The van der Waals surface area contributed by atoms with Crippen molar-refractivity contribution in [2.75, 3.05) is 13.7 Å². The van der Waals surface area contributed by atoms with E-state index in [0.717, 1.165) is 23.1 Å². The molecule has 4 nitrogen and oxygen atoms in total. The molecule has 0 aliphatic carbocycles. The van der Waals surface area contributed by atoms with Crippen molar-refractivity contribution in [1.82, 2.24) is 8.91 Å². The highest BCUT2D eigenvalue weighted by Crippen LogP contribution is 2.27. The number of hydrogen-bond donors (Lipinski definition) is 1. The number of carbonyl (C=O) groups is 1. The van der Waals surface area contributed by atoms with Gasteiger partial charge in [-0.25, -0.2) is 0 Å². The fourth-order valence-corrected chi connectivity index (χ4v) is 2.49. The highest BCUT2D eigenvalue weighted by Gasteiger charge is 2.08. The Morgan fingerprint density at radius 1 is 1.50 bits per heavy atom. The fraction of sp³-hybridized carbons (Fsp3) is 0.308. The van der Waals surface area contributed by atoms with Gasteiger partial charge in [0.2, 0.25) is 5.91 Å². The van der Waals surface area contributed by atoms with E-state index in [1.54, 1.807) is 7.11 Å². The molecule has 0 unspecified atom stereocenters. The van der Waals surface area contributed by atoms with Crippen LogP contribution in [0.25, 0.3) is 10.9 Å². The number of fused-ring (bicyclic) bond motifs is 1. The van der Waals surface area contributed by atoms with Crippen LogP contribution in [0.1, 0.15) is 12.5 Å². The Labute approximate surface area is 114 Å². The predicted octanol–water partition coefficient (Wildman–Crippen LogP) is 2.49. The van der Waals surface area contributed by atoms with E-state index in [-0.39, 0.29) is 5.91 Å². The van der Waals surface area contributed by atoms with Crippen LogP contribution in [0.5, 0.6) is 5.75 Å². The number of aromatic nitrogens is 1. The van der Waals surface area contributed by atoms with Gasteiger partial charge in [-0.3, -0.25) is 8.39 Å². The van der Waals surface area contributed by atoms with Crippen molar-refractivity contribution in [2.24, 2.45) is 0 Å². The van der Waals surface area contributed by atoms with Gasteiger partial charge in [0, 0.05) is 25.1 Å². The molecule has 0 saturated carbocycles. The van der Waals surface area contributed by atoms with Crippen molar-refractivity contribution in [3.05, 3.63) is 30.0 Å². The Balaban J connectivity index is 2.28. The monoisotopic (exact) mass is 310 g/mol. The molecule has 0 bridgehead atoms. The summed E-state index contributed by atoms with van der Waals surface area (Å²) in [7, 11) is 1.66. The molecule has 0 atom stereocenters. The third-order valence-electron chi connectivity index (χ3n) is 2.82. The van der Waals surface area contributed by atoms with E-state index in [9.17, 15) is 4.79 Å². The molecular weight excluding hydrogens is 296 g/mol. The predicted molar refractivity (Wildman–Crippen MR) is 75.2 cm³/mol. The van der Waals surface area contributed by atoms with Crippen LogP contribution in [0.3, 0.4) is 0 Å². The minimum Gasteiger partial charge on any atom is -0.497 e. The Hall–Kier alpha value is -1.49. The second kappa shape index (κ2) is 5.44. The third kappa shape index (κ3) is 2.67. The van der Waals surface area contributed by atoms with Gasteiger partial charge in [0.1, 0.15) is 5.75 Å². The number of benzene rings is 1. The van der Waals surface area contributed by atoms with Crippen LogP contribution in [-0.2, 0) is 11.2 Å². The van der Waals surface area contributed by atoms with Gasteiger partial charge in [-0.2, -0.15) is 0 Å². The topological polar surface area (TPSA) is 43.3 Å². The maximum Gasteiger partial charge on any atom is 0.216 e. The second-order valence-corrected chi connectivity index (χ2v) is 4.85. The van der Waals surface area contributed by atoms with Crippen LogP contribution >= 0.6 is 16.1 Å². The minimum absolute atomic E-state index is 0.00448. The summed E-state index contributed by atoms with van der Waals surface area (Å²) in [5, 5.41) is 3.94. The normalized spacial score (nSPS) is 10.6. The first-order valence-corrected chi connectivity index (χ1v) is 6.41. The summed E-state index contributed by atoms with van der Waals surface area (Å²) >= 11 is 3.47. The first-order chi connectivity index (χ1) is 8.61. The molecule has 1 N–H and O–H groups in total. The zero-order valence-electron chi connectivity index (χ0n) is 10.4. The zero-order chi connectivity index (χ0) is 13.1. The lowest BCUT2D eigenvalue weighted by molar-refractivity contribution is -0.118. The number of nitrogens with one attached hydrogen (secondary N) is 1. The highest BCUT2D eigenvalue weighted by molar-refractivity contribution is 9.08. The van der Waals surface area contributed by atoms with Crippen LogP contribution in [-0.4, -0.2) is 23.2 Å². The molecule has 0 spiro atoms. The first kappa shape index (κ1) is 13.0. The number of methoxy groups -OCH3 is 1. The lowest BCUT2D eigenvalue weighted by atomic mass is 10.1. The third-order valence-corrected chi connectivity index (χ3v) is 3.40. The van der Waals surface area contributed by atoms with Gasteiger partial charge in [-0.1, -0.05) is 0 Å². The van der Waals surface area contributed by atoms with Gasteiger partial charge in [0.15, 0.2) is 0 Å². The summed E-state index contributed by atoms with van der Waals surface area (Å²) in [5.74, 6) is 0.831. The Morgan fingerprint density at radius 3 is 2.94 bits per heavy atom. The zero-order valence-corrected chi connectivity index (χ0v) is 12.0. The standard InChI is InChI=1S/C13H15BrN2O2/c1-9(17)15-6-5-10-8-16(14)13-4-3-11(18-2)7-12(10)13/h3-4,7-8H,5-6H2,1-2H3,(H,15,17). The summed E-state index contributed by atoms with van der Waals surface area (Å²) in [6.07, 6.45) is 2.81. The molecule has 0 saturated heterocycles. The summed E-state index contributed by atoms with van der Waals surface area (Å²) in [4.78, 5) is 10.9. The van der Waals surface area contributed by atoms with Crippen molar-refractivity contribution in [3.63, 3.8) is 0 Å². The number of halogens is 1. The van der Waals surface area contributed by atoms with Crippen molar-refractivity contribution in [3.8, 4) is 5.75 Å². The van der Waals surface area contributed by atoms with Crippen LogP contribution in [0.4, 0.5) is 0 Å². The number of carbonyl (C=O) groups excluding carboxylic acids is 1. The van der Waals surface area contributed by atoms with Gasteiger partial charge in [0.05, 0.1) is 28.8 Å². The van der Waals surface area contributed by atoms with Crippen molar-refractivity contribution < 1.29 is 9.53 Å². The molecule has 0 radical (unpaired) electrons. The van der Waals surface area contributed by atoms with E-state index in [2.05, 4.69) is 21.5 Å². The van der Waals surface area contributed by atoms with Gasteiger partial charge in [-0.05, 0) is 30.2 Å². The number of nitrogens with zero attached hydrogens (tertiary/aromatic N) is 1. The Bertz CT molecular complexity index is 578. The molecule has 0 aliphatic heterocycles. The molecular formula is C13H15BrN2O2. The Kier molecular flexibility index (Phi) is 3.91.